The van der Waals surface area contributed by atoms with E-state index in [1.165, 1.54) is 0 Å². The van der Waals surface area contributed by atoms with Gasteiger partial charge in [0.2, 0.25) is 0 Å². The van der Waals surface area contributed by atoms with E-state index in [0.717, 1.165) is 0 Å². The molecule has 1 unspecified atom stereocenters. The van der Waals surface area contributed by atoms with Crippen molar-refractivity contribution in [2.75, 3.05) is 0 Å². The minimum Gasteiger partial charge on any atom is -0.370 e. The molecule has 0 N–H and O–H groups in total. The first-order valence-electron chi connectivity index (χ1n) is 2.50. The second kappa shape index (κ2) is 0.716. The molecule has 1 aliphatic rings. The molecule has 0 aromatic rings. The zero-order valence-electron chi connectivity index (χ0n) is 4.27. The van der Waals surface area contributed by atoms with Gasteiger partial charge < -0.3 is 4.74 Å². The van der Waals surface area contributed by atoms with Crippen LogP contribution in [-0.4, -0.2) is 12.2 Å². The van der Waals surface area contributed by atoms with Crippen molar-refractivity contribution in [1.29, 1.82) is 0 Å². The molecule has 0 aliphatic carbocycles. The predicted octanol–water partition coefficient (Wildman–Crippen LogP) is 0.794. The van der Waals surface area contributed by atoms with Gasteiger partial charge in [-0.3, -0.25) is 0 Å². The van der Waals surface area contributed by atoms with Crippen LogP contribution in [0.25, 0.3) is 0 Å². The third kappa shape index (κ3) is 0.428. The maximum atomic E-state index is 6.73. The fourth-order valence-corrected chi connectivity index (χ4v) is 0.230. The molecule has 2 atom stereocenters. The zero-order valence-corrected chi connectivity index (χ0v) is 3.27. The van der Waals surface area contributed by atoms with Crippen LogP contribution in [0.2, 0.25) is 0 Å². The summed E-state index contributed by atoms with van der Waals surface area (Å²) in [4.78, 5) is 0. The molecule has 1 heterocycles. The summed E-state index contributed by atoms with van der Waals surface area (Å²) >= 11 is 0. The first kappa shape index (κ1) is 2.19. The van der Waals surface area contributed by atoms with Gasteiger partial charge in [-0.1, -0.05) is 0 Å². The van der Waals surface area contributed by atoms with E-state index in [0.29, 0.717) is 13.0 Å². The Kier molecular flexibility index (Phi) is 0.314. The van der Waals surface area contributed by atoms with Crippen LogP contribution in [0.5, 0.6) is 0 Å². The summed E-state index contributed by atoms with van der Waals surface area (Å²) in [7, 11) is 0. The summed E-state index contributed by atoms with van der Waals surface area (Å²) in [6.45, 7) is 2.42. The van der Waals surface area contributed by atoms with Crippen LogP contribution >= 0.6 is 0 Å². The van der Waals surface area contributed by atoms with Crippen molar-refractivity contribution in [3.63, 3.8) is 0 Å². The highest BCUT2D eigenvalue weighted by atomic mass is 16.6. The van der Waals surface area contributed by atoms with E-state index in [2.05, 4.69) is 0 Å². The van der Waals surface area contributed by atoms with Crippen LogP contribution in [0.15, 0.2) is 0 Å². The number of ether oxygens (including phenoxy) is 1. The molecule has 0 radical (unpaired) electrons. The normalized spacial score (nSPS) is 51.8. The maximum Gasteiger partial charge on any atom is 0.0811 e. The van der Waals surface area contributed by atoms with Crippen LogP contribution in [0.4, 0.5) is 0 Å². The molecular formula is C4H8O. The Bertz CT molecular complexity index is 53.5. The Morgan fingerprint density at radius 3 is 2.40 bits per heavy atom. The molecule has 1 fully saturated rings. The van der Waals surface area contributed by atoms with Crippen LogP contribution in [0, 0.1) is 0 Å². The average molecular weight is 73.1 g/mol. The van der Waals surface area contributed by atoms with Crippen molar-refractivity contribution in [3.8, 4) is 0 Å². The molecule has 1 saturated heterocycles. The number of rotatable bonds is 0. The molecule has 0 amide bonds. The Morgan fingerprint density at radius 1 is 1.80 bits per heavy atom. The van der Waals surface area contributed by atoms with Crippen molar-refractivity contribution >= 4 is 0 Å². The van der Waals surface area contributed by atoms with Gasteiger partial charge in [0.15, 0.2) is 0 Å². The Labute approximate surface area is 33.3 Å². The maximum absolute atomic E-state index is 6.73. The van der Waals surface area contributed by atoms with Crippen LogP contribution in [0.1, 0.15) is 15.2 Å². The smallest absolute Gasteiger partial charge is 0.0811 e. The van der Waals surface area contributed by atoms with E-state index in [1.54, 1.807) is 0 Å². The molecule has 0 bridgehead atoms. The van der Waals surface area contributed by atoms with Crippen molar-refractivity contribution < 1.29 is 6.11 Å². The van der Waals surface area contributed by atoms with E-state index in [1.807, 2.05) is 6.92 Å². The second-order valence-electron chi connectivity index (χ2n) is 1.38. The standard InChI is InChI=1S/C4H8O/c1-3-4(2)5-3/h3-4H,1-2H3/t3-,4?/m0/s1/i1D. The van der Waals surface area contributed by atoms with Crippen molar-refractivity contribution in [2.24, 2.45) is 0 Å². The van der Waals surface area contributed by atoms with Crippen LogP contribution < -0.4 is 0 Å². The van der Waals surface area contributed by atoms with Gasteiger partial charge in [-0.15, -0.1) is 0 Å². The Balaban J connectivity index is 2.09. The highest BCUT2D eigenvalue weighted by Gasteiger charge is 2.27. The van der Waals surface area contributed by atoms with Crippen LogP contribution in [-0.2, 0) is 4.74 Å². The van der Waals surface area contributed by atoms with E-state index < -0.39 is 0 Å². The fraction of sp³-hybridized carbons (Fsp3) is 1.00. The van der Waals surface area contributed by atoms with Gasteiger partial charge in [-0.05, 0) is 13.8 Å². The highest BCUT2D eigenvalue weighted by Crippen LogP contribution is 2.18. The second-order valence-corrected chi connectivity index (χ2v) is 1.38. The molecule has 1 rings (SSSR count). The Hall–Kier alpha value is -0.0400. The largest absolute Gasteiger partial charge is 0.370 e. The number of hydrogen-bond donors (Lipinski definition) is 0. The average Bonchev–Trinajstić information content (AvgIpc) is 2.19. The zero-order chi connectivity index (χ0) is 4.57. The van der Waals surface area contributed by atoms with Gasteiger partial charge in [0.25, 0.3) is 0 Å². The van der Waals surface area contributed by atoms with Gasteiger partial charge >= 0.3 is 0 Å². The first-order chi connectivity index (χ1) is 2.84. The summed E-state index contributed by atoms with van der Waals surface area (Å²) in [5.41, 5.74) is 0. The van der Waals surface area contributed by atoms with Crippen LogP contribution in [0.3, 0.4) is 0 Å². The number of epoxide rings is 1. The monoisotopic (exact) mass is 73.1 g/mol. The van der Waals surface area contributed by atoms with Crippen molar-refractivity contribution in [1.82, 2.24) is 0 Å². The molecule has 1 aliphatic heterocycles. The van der Waals surface area contributed by atoms with E-state index in [9.17, 15) is 0 Å². The highest BCUT2D eigenvalue weighted by molar-refractivity contribution is 4.73. The minimum absolute atomic E-state index is 0.269. The summed E-state index contributed by atoms with van der Waals surface area (Å²) in [6, 6.07) is 0. The summed E-state index contributed by atoms with van der Waals surface area (Å²) in [5.74, 6) is 0. The summed E-state index contributed by atoms with van der Waals surface area (Å²) < 4.78 is 11.6. The van der Waals surface area contributed by atoms with Gasteiger partial charge in [-0.25, -0.2) is 0 Å². The van der Waals surface area contributed by atoms with Gasteiger partial charge in [-0.2, -0.15) is 0 Å². The Morgan fingerprint density at radius 2 is 2.40 bits per heavy atom. The SMILES string of the molecule is [2H]C[C@@H]1OC1C. The summed E-state index contributed by atoms with van der Waals surface area (Å²) in [5, 5.41) is 0. The summed E-state index contributed by atoms with van der Waals surface area (Å²) in [6.07, 6.45) is 0.646. The third-order valence-corrected chi connectivity index (χ3v) is 0.836. The molecule has 1 nitrogen and oxygen atoms in total. The predicted molar refractivity (Wildman–Crippen MR) is 20.0 cm³/mol. The molecule has 0 saturated carbocycles. The lowest BCUT2D eigenvalue weighted by atomic mass is 10.4. The van der Waals surface area contributed by atoms with E-state index in [-0.39, 0.29) is 6.10 Å². The lowest BCUT2D eigenvalue weighted by Crippen LogP contribution is -1.74. The van der Waals surface area contributed by atoms with E-state index >= 15 is 0 Å². The molecule has 0 aromatic carbocycles. The topological polar surface area (TPSA) is 12.5 Å². The third-order valence-electron chi connectivity index (χ3n) is 0.836. The van der Waals surface area contributed by atoms with Gasteiger partial charge in [0.1, 0.15) is 0 Å². The van der Waals surface area contributed by atoms with Crippen molar-refractivity contribution in [3.05, 3.63) is 0 Å². The molecule has 30 valence electrons. The fourth-order valence-electron chi connectivity index (χ4n) is 0.230. The molecule has 1 heteroatoms. The quantitative estimate of drug-likeness (QED) is 0.386. The lowest BCUT2D eigenvalue weighted by Gasteiger charge is -1.57. The van der Waals surface area contributed by atoms with E-state index in [4.69, 9.17) is 6.11 Å². The minimum atomic E-state index is 0.269. The van der Waals surface area contributed by atoms with Gasteiger partial charge in [0, 0.05) is 1.37 Å². The van der Waals surface area contributed by atoms with Gasteiger partial charge in [0.05, 0.1) is 12.2 Å². The lowest BCUT2D eigenvalue weighted by molar-refractivity contribution is 0.389. The molecule has 5 heavy (non-hydrogen) atoms. The first-order valence-corrected chi connectivity index (χ1v) is 1.79. The number of hydrogen-bond acceptors (Lipinski definition) is 1. The molecular weight excluding hydrogens is 64.0 g/mol. The van der Waals surface area contributed by atoms with Crippen molar-refractivity contribution in [2.45, 2.75) is 26.0 Å². The molecule has 0 aromatic heterocycles. The molecule has 0 spiro atoms.